The van der Waals surface area contributed by atoms with Gasteiger partial charge in [0.15, 0.2) is 5.78 Å². The first-order valence-corrected chi connectivity index (χ1v) is 7.70. The Hall–Kier alpha value is -2.82. The molecule has 126 valence electrons. The zero-order valence-electron chi connectivity index (χ0n) is 14.1. The van der Waals surface area contributed by atoms with Crippen LogP contribution in [0.25, 0.3) is 0 Å². The molecule has 2 rings (SSSR count). The fourth-order valence-electron chi connectivity index (χ4n) is 2.19. The van der Waals surface area contributed by atoms with Crippen LogP contribution in [0.1, 0.15) is 35.3 Å². The van der Waals surface area contributed by atoms with Gasteiger partial charge in [-0.25, -0.2) is 0 Å². The van der Waals surface area contributed by atoms with Gasteiger partial charge in [-0.2, -0.15) is 0 Å². The zero-order valence-corrected chi connectivity index (χ0v) is 14.1. The van der Waals surface area contributed by atoms with Crippen LogP contribution in [0.2, 0.25) is 0 Å². The molecule has 5 heteroatoms. The van der Waals surface area contributed by atoms with Crippen LogP contribution >= 0.6 is 0 Å². The summed E-state index contributed by atoms with van der Waals surface area (Å²) in [6.45, 7) is 4.24. The summed E-state index contributed by atoms with van der Waals surface area (Å²) in [6.07, 6.45) is 1.60. The van der Waals surface area contributed by atoms with E-state index in [0.29, 0.717) is 17.9 Å². The third-order valence-corrected chi connectivity index (χ3v) is 3.39. The Morgan fingerprint density at radius 2 is 1.96 bits per heavy atom. The number of para-hydroxylation sites is 1. The SMILES string of the molecule is CCOc1ccccc1/C=N/OCc1cc(C(C)=O)ccc1OC. The second-order valence-electron chi connectivity index (χ2n) is 5.06. The van der Waals surface area contributed by atoms with Gasteiger partial charge in [-0.3, -0.25) is 4.79 Å². The third-order valence-electron chi connectivity index (χ3n) is 3.39. The number of benzene rings is 2. The van der Waals surface area contributed by atoms with E-state index in [1.807, 2.05) is 31.2 Å². The summed E-state index contributed by atoms with van der Waals surface area (Å²) in [5, 5.41) is 3.98. The van der Waals surface area contributed by atoms with E-state index in [0.717, 1.165) is 16.9 Å². The molecular weight excluding hydrogens is 306 g/mol. The number of hydrogen-bond acceptors (Lipinski definition) is 5. The molecule has 0 heterocycles. The Morgan fingerprint density at radius 3 is 2.67 bits per heavy atom. The van der Waals surface area contributed by atoms with Crippen LogP contribution < -0.4 is 9.47 Å². The average molecular weight is 327 g/mol. The predicted molar refractivity (Wildman–Crippen MR) is 93.0 cm³/mol. The Labute approximate surface area is 141 Å². The van der Waals surface area contributed by atoms with Gasteiger partial charge >= 0.3 is 0 Å². The van der Waals surface area contributed by atoms with Gasteiger partial charge in [0.25, 0.3) is 0 Å². The summed E-state index contributed by atoms with van der Waals surface area (Å²) >= 11 is 0. The molecule has 0 aromatic heterocycles. The van der Waals surface area contributed by atoms with Crippen LogP contribution in [0.5, 0.6) is 11.5 Å². The Morgan fingerprint density at radius 1 is 1.17 bits per heavy atom. The topological polar surface area (TPSA) is 57.1 Å². The van der Waals surface area contributed by atoms with Gasteiger partial charge in [0.1, 0.15) is 18.1 Å². The lowest BCUT2D eigenvalue weighted by atomic mass is 10.1. The van der Waals surface area contributed by atoms with Crippen molar-refractivity contribution in [3.05, 3.63) is 59.2 Å². The standard InChI is InChI=1S/C19H21NO4/c1-4-23-19-8-6-5-7-16(19)12-20-24-13-17-11-15(14(2)21)9-10-18(17)22-3/h5-12H,4,13H2,1-3H3/b20-12+. The molecule has 0 bridgehead atoms. The molecule has 0 spiro atoms. The molecule has 0 atom stereocenters. The molecule has 0 saturated heterocycles. The normalized spacial score (nSPS) is 10.6. The second-order valence-corrected chi connectivity index (χ2v) is 5.06. The first kappa shape index (κ1) is 17.5. The minimum atomic E-state index is -0.00644. The van der Waals surface area contributed by atoms with Crippen molar-refractivity contribution in [2.45, 2.75) is 20.5 Å². The van der Waals surface area contributed by atoms with Crippen molar-refractivity contribution in [1.82, 2.24) is 0 Å². The number of methoxy groups -OCH3 is 1. The fraction of sp³-hybridized carbons (Fsp3) is 0.263. The molecule has 24 heavy (non-hydrogen) atoms. The lowest BCUT2D eigenvalue weighted by Gasteiger charge is -2.09. The van der Waals surface area contributed by atoms with Crippen molar-refractivity contribution >= 4 is 12.0 Å². The lowest BCUT2D eigenvalue weighted by Crippen LogP contribution is -1.99. The van der Waals surface area contributed by atoms with E-state index >= 15 is 0 Å². The lowest BCUT2D eigenvalue weighted by molar-refractivity contribution is 0.101. The molecule has 0 amide bonds. The smallest absolute Gasteiger partial charge is 0.159 e. The molecule has 0 aliphatic rings. The Balaban J connectivity index is 2.06. The maximum absolute atomic E-state index is 11.5. The molecular formula is C19H21NO4. The predicted octanol–water partition coefficient (Wildman–Crippen LogP) is 3.85. The van der Waals surface area contributed by atoms with Gasteiger partial charge in [0.2, 0.25) is 0 Å². The number of hydrogen-bond donors (Lipinski definition) is 0. The highest BCUT2D eigenvalue weighted by Gasteiger charge is 2.07. The molecule has 2 aromatic rings. The average Bonchev–Trinajstić information content (AvgIpc) is 2.60. The van der Waals surface area contributed by atoms with E-state index in [1.54, 1.807) is 31.5 Å². The van der Waals surface area contributed by atoms with Crippen molar-refractivity contribution in [3.63, 3.8) is 0 Å². The largest absolute Gasteiger partial charge is 0.496 e. The molecule has 5 nitrogen and oxygen atoms in total. The van der Waals surface area contributed by atoms with Crippen molar-refractivity contribution in [2.75, 3.05) is 13.7 Å². The summed E-state index contributed by atoms with van der Waals surface area (Å²) < 4.78 is 10.8. The number of nitrogens with zero attached hydrogens (tertiary/aromatic N) is 1. The van der Waals surface area contributed by atoms with E-state index in [9.17, 15) is 4.79 Å². The van der Waals surface area contributed by atoms with Crippen molar-refractivity contribution < 1.29 is 19.1 Å². The van der Waals surface area contributed by atoms with Crippen LogP contribution in [0.15, 0.2) is 47.6 Å². The molecule has 0 saturated carbocycles. The highest BCUT2D eigenvalue weighted by molar-refractivity contribution is 5.94. The molecule has 0 unspecified atom stereocenters. The van der Waals surface area contributed by atoms with Crippen LogP contribution in [0, 0.1) is 0 Å². The van der Waals surface area contributed by atoms with Gasteiger partial charge in [0, 0.05) is 16.7 Å². The molecule has 0 aliphatic carbocycles. The maximum atomic E-state index is 11.5. The summed E-state index contributed by atoms with van der Waals surface area (Å²) in [4.78, 5) is 16.8. The second kappa shape index (κ2) is 8.72. The Bertz CT molecular complexity index is 725. The fourth-order valence-corrected chi connectivity index (χ4v) is 2.19. The van der Waals surface area contributed by atoms with Crippen molar-refractivity contribution in [2.24, 2.45) is 5.16 Å². The number of rotatable bonds is 8. The van der Waals surface area contributed by atoms with Crippen LogP contribution in [-0.4, -0.2) is 25.7 Å². The van der Waals surface area contributed by atoms with E-state index < -0.39 is 0 Å². The van der Waals surface area contributed by atoms with Crippen LogP contribution in [0.3, 0.4) is 0 Å². The van der Waals surface area contributed by atoms with Crippen molar-refractivity contribution in [1.29, 1.82) is 0 Å². The minimum absolute atomic E-state index is 0.00644. The van der Waals surface area contributed by atoms with Crippen LogP contribution in [-0.2, 0) is 11.4 Å². The molecule has 0 aliphatic heterocycles. The summed E-state index contributed by atoms with van der Waals surface area (Å²) in [5.74, 6) is 1.40. The number of ether oxygens (including phenoxy) is 2. The van der Waals surface area contributed by atoms with E-state index in [-0.39, 0.29) is 12.4 Å². The quantitative estimate of drug-likeness (QED) is 0.420. The van der Waals surface area contributed by atoms with Gasteiger partial charge in [-0.05, 0) is 44.2 Å². The third kappa shape index (κ3) is 4.59. The van der Waals surface area contributed by atoms with Gasteiger partial charge < -0.3 is 14.3 Å². The first-order chi connectivity index (χ1) is 11.7. The van der Waals surface area contributed by atoms with Crippen molar-refractivity contribution in [3.8, 4) is 11.5 Å². The van der Waals surface area contributed by atoms with Gasteiger partial charge in [-0.1, -0.05) is 17.3 Å². The number of ketones is 1. The van der Waals surface area contributed by atoms with Gasteiger partial charge in [-0.15, -0.1) is 0 Å². The maximum Gasteiger partial charge on any atom is 0.159 e. The number of carbonyl (C=O) groups is 1. The summed E-state index contributed by atoms with van der Waals surface area (Å²) in [5.41, 5.74) is 2.21. The summed E-state index contributed by atoms with van der Waals surface area (Å²) in [7, 11) is 1.58. The number of carbonyl (C=O) groups excluding carboxylic acids is 1. The minimum Gasteiger partial charge on any atom is -0.496 e. The van der Waals surface area contributed by atoms with E-state index in [4.69, 9.17) is 14.3 Å². The summed E-state index contributed by atoms with van der Waals surface area (Å²) in [6, 6.07) is 12.8. The number of Topliss-reactive ketones (excluding diaryl/α,β-unsaturated/α-hetero) is 1. The van der Waals surface area contributed by atoms with E-state index in [1.165, 1.54) is 6.92 Å². The first-order valence-electron chi connectivity index (χ1n) is 7.70. The number of oxime groups is 1. The monoisotopic (exact) mass is 327 g/mol. The molecule has 2 aromatic carbocycles. The Kier molecular flexibility index (Phi) is 6.37. The molecule has 0 fully saturated rings. The van der Waals surface area contributed by atoms with Gasteiger partial charge in [0.05, 0.1) is 19.9 Å². The molecule has 0 N–H and O–H groups in total. The van der Waals surface area contributed by atoms with E-state index in [2.05, 4.69) is 5.16 Å². The highest BCUT2D eigenvalue weighted by Crippen LogP contribution is 2.21. The zero-order chi connectivity index (χ0) is 17.4. The van der Waals surface area contributed by atoms with Crippen LogP contribution in [0.4, 0.5) is 0 Å². The highest BCUT2D eigenvalue weighted by atomic mass is 16.6. The molecule has 0 radical (unpaired) electrons.